The van der Waals surface area contributed by atoms with E-state index in [0.29, 0.717) is 12.1 Å². The van der Waals surface area contributed by atoms with E-state index in [0.717, 1.165) is 44.0 Å². The van der Waals surface area contributed by atoms with Crippen molar-refractivity contribution in [2.75, 3.05) is 33.3 Å². The van der Waals surface area contributed by atoms with Gasteiger partial charge in [0.05, 0.1) is 13.2 Å². The minimum atomic E-state index is 0.0990. The Bertz CT molecular complexity index is 1130. The lowest BCUT2D eigenvalue weighted by atomic mass is 9.92. The van der Waals surface area contributed by atoms with Crippen LogP contribution in [0, 0.1) is 0 Å². The minimum absolute atomic E-state index is 0.0990. The van der Waals surface area contributed by atoms with Gasteiger partial charge in [-0.2, -0.15) is 0 Å². The molecule has 1 amide bonds. The summed E-state index contributed by atoms with van der Waals surface area (Å²) < 4.78 is 5.32. The summed E-state index contributed by atoms with van der Waals surface area (Å²) in [5.41, 5.74) is 4.57. The number of hydrogen-bond donors (Lipinski definition) is 0. The number of ether oxygens (including phenoxy) is 1. The maximum absolute atomic E-state index is 12.9. The molecule has 3 aromatic carbocycles. The molecule has 196 valence electrons. The molecular formula is C32H41N3O2. The van der Waals surface area contributed by atoms with Gasteiger partial charge in [-0.1, -0.05) is 54.6 Å². The lowest BCUT2D eigenvalue weighted by Gasteiger charge is -2.47. The number of carbonyl (C=O) groups excluding carboxylic acids is 1. The third kappa shape index (κ3) is 6.23. The van der Waals surface area contributed by atoms with Crippen LogP contribution < -0.4 is 4.74 Å². The molecule has 3 aromatic rings. The van der Waals surface area contributed by atoms with Gasteiger partial charge >= 0.3 is 0 Å². The standard InChI is InChI=1S/C32H41N3O2/c1-6-33(7-2)32(36)29-17-15-28(16-18-29)31(27-11-9-8-10-12-27)35-22-24(3)34(21-25(35)4)23-26-13-19-30(37-5)20-14-26/h8-20,24-25,31H,6-7,21-23H2,1-5H3/t24-,25+,31-/m1/s1. The zero-order chi connectivity index (χ0) is 26.4. The van der Waals surface area contributed by atoms with Gasteiger partial charge in [0.2, 0.25) is 0 Å². The van der Waals surface area contributed by atoms with Gasteiger partial charge in [-0.25, -0.2) is 0 Å². The molecule has 1 saturated heterocycles. The van der Waals surface area contributed by atoms with Gasteiger partial charge in [-0.15, -0.1) is 0 Å². The smallest absolute Gasteiger partial charge is 0.253 e. The van der Waals surface area contributed by atoms with Crippen molar-refractivity contribution >= 4 is 5.91 Å². The van der Waals surface area contributed by atoms with Crippen LogP contribution in [-0.2, 0) is 6.54 Å². The highest BCUT2D eigenvalue weighted by atomic mass is 16.5. The molecule has 0 radical (unpaired) electrons. The van der Waals surface area contributed by atoms with Crippen molar-refractivity contribution in [3.63, 3.8) is 0 Å². The van der Waals surface area contributed by atoms with E-state index < -0.39 is 0 Å². The van der Waals surface area contributed by atoms with Gasteiger partial charge in [0.15, 0.2) is 0 Å². The van der Waals surface area contributed by atoms with Gasteiger partial charge < -0.3 is 9.64 Å². The zero-order valence-electron chi connectivity index (χ0n) is 22.9. The third-order valence-corrected chi connectivity index (χ3v) is 7.68. The fourth-order valence-electron chi connectivity index (χ4n) is 5.48. The summed E-state index contributed by atoms with van der Waals surface area (Å²) in [5, 5.41) is 0. The van der Waals surface area contributed by atoms with E-state index in [4.69, 9.17) is 4.74 Å². The summed E-state index contributed by atoms with van der Waals surface area (Å²) in [6, 6.07) is 28.4. The highest BCUT2D eigenvalue weighted by Crippen LogP contribution is 2.34. The summed E-state index contributed by atoms with van der Waals surface area (Å²) in [5.74, 6) is 0.993. The normalized spacial score (nSPS) is 19.4. The molecule has 5 nitrogen and oxygen atoms in total. The van der Waals surface area contributed by atoms with E-state index in [9.17, 15) is 4.79 Å². The van der Waals surface area contributed by atoms with Gasteiger partial charge in [-0.3, -0.25) is 14.6 Å². The monoisotopic (exact) mass is 499 g/mol. The Labute approximate surface area is 222 Å². The Hall–Kier alpha value is -3.15. The lowest BCUT2D eigenvalue weighted by Crippen LogP contribution is -2.56. The van der Waals surface area contributed by atoms with Crippen LogP contribution in [0.3, 0.4) is 0 Å². The highest BCUT2D eigenvalue weighted by molar-refractivity contribution is 5.94. The quantitative estimate of drug-likeness (QED) is 0.369. The number of rotatable bonds is 9. The fraction of sp³-hybridized carbons (Fsp3) is 0.406. The van der Waals surface area contributed by atoms with Crippen LogP contribution in [0.5, 0.6) is 5.75 Å². The van der Waals surface area contributed by atoms with Gasteiger partial charge in [0.1, 0.15) is 5.75 Å². The molecule has 0 N–H and O–H groups in total. The fourth-order valence-corrected chi connectivity index (χ4v) is 5.48. The van der Waals surface area contributed by atoms with Crippen molar-refractivity contribution in [2.45, 2.75) is 52.4 Å². The summed E-state index contributed by atoms with van der Waals surface area (Å²) >= 11 is 0. The van der Waals surface area contributed by atoms with E-state index in [1.165, 1.54) is 16.7 Å². The molecule has 0 saturated carbocycles. The molecular weight excluding hydrogens is 458 g/mol. The van der Waals surface area contributed by atoms with Crippen molar-refractivity contribution in [1.29, 1.82) is 0 Å². The zero-order valence-corrected chi connectivity index (χ0v) is 22.9. The Balaban J connectivity index is 1.56. The second-order valence-corrected chi connectivity index (χ2v) is 10.1. The minimum Gasteiger partial charge on any atom is -0.497 e. The molecule has 0 unspecified atom stereocenters. The number of methoxy groups -OCH3 is 1. The third-order valence-electron chi connectivity index (χ3n) is 7.68. The predicted octanol–water partition coefficient (Wildman–Crippen LogP) is 5.86. The number of carbonyl (C=O) groups is 1. The maximum Gasteiger partial charge on any atom is 0.253 e. The molecule has 5 heteroatoms. The molecule has 1 heterocycles. The SMILES string of the molecule is CCN(CC)C(=O)c1ccc([C@@H](c2ccccc2)N2C[C@@H](C)N(Cc3ccc(OC)cc3)C[C@@H]2C)cc1. The van der Waals surface area contributed by atoms with Crippen LogP contribution in [0.25, 0.3) is 0 Å². The van der Waals surface area contributed by atoms with Gasteiger partial charge in [0.25, 0.3) is 5.91 Å². The van der Waals surface area contributed by atoms with Crippen molar-refractivity contribution in [3.05, 3.63) is 101 Å². The molecule has 0 aliphatic carbocycles. The highest BCUT2D eigenvalue weighted by Gasteiger charge is 2.34. The van der Waals surface area contributed by atoms with Crippen LogP contribution in [0.2, 0.25) is 0 Å². The average molecular weight is 500 g/mol. The Kier molecular flexibility index (Phi) is 9.01. The molecule has 4 rings (SSSR count). The van der Waals surface area contributed by atoms with E-state index in [2.05, 4.69) is 78.2 Å². The topological polar surface area (TPSA) is 36.0 Å². The summed E-state index contributed by atoms with van der Waals surface area (Å²) in [6.45, 7) is 13.1. The van der Waals surface area contributed by atoms with E-state index in [-0.39, 0.29) is 11.9 Å². The Morgan fingerprint density at radius 2 is 1.49 bits per heavy atom. The first kappa shape index (κ1) is 26.9. The number of hydrogen-bond acceptors (Lipinski definition) is 4. The van der Waals surface area contributed by atoms with E-state index in [1.54, 1.807) is 7.11 Å². The van der Waals surface area contributed by atoms with Crippen LogP contribution >= 0.6 is 0 Å². The number of piperazine rings is 1. The average Bonchev–Trinajstić information content (AvgIpc) is 2.93. The van der Waals surface area contributed by atoms with Crippen LogP contribution in [0.15, 0.2) is 78.9 Å². The van der Waals surface area contributed by atoms with E-state index in [1.807, 2.05) is 43.0 Å². The van der Waals surface area contributed by atoms with Gasteiger partial charge in [0, 0.05) is 50.4 Å². The molecule has 1 aliphatic heterocycles. The number of nitrogens with zero attached hydrogens (tertiary/aromatic N) is 3. The molecule has 0 bridgehead atoms. The first-order valence-corrected chi connectivity index (χ1v) is 13.5. The molecule has 3 atom stereocenters. The van der Waals surface area contributed by atoms with Gasteiger partial charge in [-0.05, 0) is 68.7 Å². The van der Waals surface area contributed by atoms with Crippen LogP contribution in [0.1, 0.15) is 60.8 Å². The van der Waals surface area contributed by atoms with Crippen LogP contribution in [0.4, 0.5) is 0 Å². The molecule has 0 spiro atoms. The second-order valence-electron chi connectivity index (χ2n) is 10.1. The molecule has 0 aromatic heterocycles. The Morgan fingerprint density at radius 1 is 0.865 bits per heavy atom. The van der Waals surface area contributed by atoms with Crippen molar-refractivity contribution in [1.82, 2.24) is 14.7 Å². The van der Waals surface area contributed by atoms with Crippen molar-refractivity contribution in [2.24, 2.45) is 0 Å². The first-order valence-electron chi connectivity index (χ1n) is 13.5. The maximum atomic E-state index is 12.9. The summed E-state index contributed by atoms with van der Waals surface area (Å²) in [7, 11) is 1.71. The molecule has 1 fully saturated rings. The summed E-state index contributed by atoms with van der Waals surface area (Å²) in [4.78, 5) is 20.0. The van der Waals surface area contributed by atoms with Crippen molar-refractivity contribution < 1.29 is 9.53 Å². The second kappa shape index (κ2) is 12.4. The van der Waals surface area contributed by atoms with E-state index >= 15 is 0 Å². The van der Waals surface area contributed by atoms with Crippen LogP contribution in [-0.4, -0.2) is 66.0 Å². The number of benzene rings is 3. The molecule has 37 heavy (non-hydrogen) atoms. The Morgan fingerprint density at radius 3 is 2.08 bits per heavy atom. The molecule has 1 aliphatic rings. The first-order chi connectivity index (χ1) is 17.9. The number of amides is 1. The summed E-state index contributed by atoms with van der Waals surface area (Å²) in [6.07, 6.45) is 0. The lowest BCUT2D eigenvalue weighted by molar-refractivity contribution is 0.0195. The largest absolute Gasteiger partial charge is 0.497 e. The van der Waals surface area contributed by atoms with Crippen molar-refractivity contribution in [3.8, 4) is 5.75 Å². The predicted molar refractivity (Wildman–Crippen MR) is 151 cm³/mol.